The molecule has 88 valence electrons. The molecule has 1 heterocycles. The van der Waals surface area contributed by atoms with E-state index in [1.54, 1.807) is 0 Å². The van der Waals surface area contributed by atoms with Crippen LogP contribution in [0, 0.1) is 5.41 Å². The van der Waals surface area contributed by atoms with Gasteiger partial charge >= 0.3 is 0 Å². The Labute approximate surface area is 97.8 Å². The maximum atomic E-state index is 11.6. The summed E-state index contributed by atoms with van der Waals surface area (Å²) in [5, 5.41) is 6.67. The third kappa shape index (κ3) is 4.89. The number of hydrogen-bond acceptors (Lipinski definition) is 3. The number of carbonyl (C=O) groups excluding carboxylic acids is 1. The Morgan fingerprint density at radius 2 is 2.20 bits per heavy atom. The molecule has 0 unspecified atom stereocenters. The summed E-state index contributed by atoms with van der Waals surface area (Å²) in [6.07, 6.45) is 1.67. The van der Waals surface area contributed by atoms with Crippen molar-refractivity contribution in [2.75, 3.05) is 13.1 Å². The van der Waals surface area contributed by atoms with E-state index in [1.807, 2.05) is 0 Å². The van der Waals surface area contributed by atoms with Crippen LogP contribution in [0.15, 0.2) is 0 Å². The summed E-state index contributed by atoms with van der Waals surface area (Å²) in [5.74, 6) is 0.136. The quantitative estimate of drug-likeness (QED) is 0.638. The van der Waals surface area contributed by atoms with Crippen LogP contribution in [0.25, 0.3) is 0 Å². The minimum absolute atomic E-state index is 0.0630. The summed E-state index contributed by atoms with van der Waals surface area (Å²) in [6, 6.07) is 0.331. The largest absolute Gasteiger partial charge is 0.354 e. The first kappa shape index (κ1) is 12.8. The van der Waals surface area contributed by atoms with E-state index in [-0.39, 0.29) is 11.3 Å². The first-order chi connectivity index (χ1) is 6.88. The highest BCUT2D eigenvalue weighted by Gasteiger charge is 2.24. The molecule has 0 radical (unpaired) electrons. The lowest BCUT2D eigenvalue weighted by Crippen LogP contribution is -2.41. The maximum absolute atomic E-state index is 11.6. The van der Waals surface area contributed by atoms with Gasteiger partial charge in [0.25, 0.3) is 0 Å². The van der Waals surface area contributed by atoms with E-state index in [2.05, 4.69) is 44.0 Å². The summed E-state index contributed by atoms with van der Waals surface area (Å²) in [7, 11) is 0. The molecular formula is C11H22N2OS. The molecule has 1 amide bonds. The minimum Gasteiger partial charge on any atom is -0.354 e. The van der Waals surface area contributed by atoms with E-state index < -0.39 is 0 Å². The van der Waals surface area contributed by atoms with Crippen molar-refractivity contribution in [2.24, 2.45) is 5.41 Å². The third-order valence-electron chi connectivity index (χ3n) is 2.52. The van der Waals surface area contributed by atoms with E-state index in [0.29, 0.717) is 24.3 Å². The van der Waals surface area contributed by atoms with Crippen LogP contribution >= 0.6 is 12.6 Å². The van der Waals surface area contributed by atoms with Crippen molar-refractivity contribution in [3.8, 4) is 0 Å². The zero-order valence-electron chi connectivity index (χ0n) is 9.84. The number of carbonyl (C=O) groups is 1. The Bertz CT molecular complexity index is 225. The second kappa shape index (κ2) is 5.21. The van der Waals surface area contributed by atoms with Crippen molar-refractivity contribution in [3.05, 3.63) is 0 Å². The van der Waals surface area contributed by atoms with Crippen molar-refractivity contribution >= 4 is 18.5 Å². The molecule has 4 heteroatoms. The smallest absolute Gasteiger partial charge is 0.220 e. The fourth-order valence-corrected chi connectivity index (χ4v) is 2.07. The van der Waals surface area contributed by atoms with Crippen LogP contribution in [-0.4, -0.2) is 30.3 Å². The summed E-state index contributed by atoms with van der Waals surface area (Å²) in [6.45, 7) is 7.92. The summed E-state index contributed by atoms with van der Waals surface area (Å²) in [4.78, 5) is 11.6. The van der Waals surface area contributed by atoms with Gasteiger partial charge in [-0.2, -0.15) is 12.6 Å². The summed E-state index contributed by atoms with van der Waals surface area (Å²) in [5.41, 5.74) is 0.0630. The number of rotatable bonds is 3. The Kier molecular flexibility index (Phi) is 4.46. The van der Waals surface area contributed by atoms with Gasteiger partial charge < -0.3 is 10.6 Å². The molecule has 3 nitrogen and oxygen atoms in total. The monoisotopic (exact) mass is 230 g/mol. The van der Waals surface area contributed by atoms with E-state index in [9.17, 15) is 4.79 Å². The molecule has 2 N–H and O–H groups in total. The molecule has 0 aliphatic carbocycles. The van der Waals surface area contributed by atoms with Gasteiger partial charge in [0, 0.05) is 24.3 Å². The van der Waals surface area contributed by atoms with Crippen LogP contribution in [0.3, 0.4) is 0 Å². The Morgan fingerprint density at radius 3 is 2.67 bits per heavy atom. The van der Waals surface area contributed by atoms with Crippen molar-refractivity contribution < 1.29 is 4.79 Å². The van der Waals surface area contributed by atoms with E-state index in [1.165, 1.54) is 0 Å². The number of thiol groups is 1. The van der Waals surface area contributed by atoms with Gasteiger partial charge in [0.15, 0.2) is 0 Å². The molecular weight excluding hydrogens is 208 g/mol. The predicted octanol–water partition coefficient (Wildman–Crippen LogP) is 1.20. The van der Waals surface area contributed by atoms with Gasteiger partial charge in [0.2, 0.25) is 5.91 Å². The van der Waals surface area contributed by atoms with Gasteiger partial charge in [0.1, 0.15) is 0 Å². The molecule has 15 heavy (non-hydrogen) atoms. The molecule has 0 aromatic heterocycles. The zero-order chi connectivity index (χ0) is 11.5. The molecule has 1 aliphatic heterocycles. The first-order valence-corrected chi connectivity index (χ1v) is 6.08. The standard InChI is InChI=1S/C11H22N2OS/c1-11(2,3)6-10(14)13-7-8-9(15)4-5-12-8/h8-9,12,15H,4-7H2,1-3H3,(H,13,14)/t8-,9-/m0/s1. The Hall–Kier alpha value is -0.220. The number of nitrogens with one attached hydrogen (secondary N) is 2. The Balaban J connectivity index is 2.22. The van der Waals surface area contributed by atoms with Crippen LogP contribution in [-0.2, 0) is 4.79 Å². The third-order valence-corrected chi connectivity index (χ3v) is 3.14. The molecule has 0 aromatic rings. The van der Waals surface area contributed by atoms with Gasteiger partial charge in [-0.3, -0.25) is 4.79 Å². The first-order valence-electron chi connectivity index (χ1n) is 5.57. The summed E-state index contributed by atoms with van der Waals surface area (Å²) >= 11 is 4.46. The van der Waals surface area contributed by atoms with Crippen LogP contribution in [0.4, 0.5) is 0 Å². The van der Waals surface area contributed by atoms with Crippen molar-refractivity contribution in [3.63, 3.8) is 0 Å². The SMILES string of the molecule is CC(C)(C)CC(=O)NC[C@@H]1NCC[C@@H]1S. The van der Waals surface area contributed by atoms with Crippen LogP contribution in [0.2, 0.25) is 0 Å². The van der Waals surface area contributed by atoms with E-state index in [0.717, 1.165) is 13.0 Å². The highest BCUT2D eigenvalue weighted by atomic mass is 32.1. The molecule has 2 atom stereocenters. The molecule has 1 saturated heterocycles. The fraction of sp³-hybridized carbons (Fsp3) is 0.909. The van der Waals surface area contributed by atoms with Crippen LogP contribution < -0.4 is 10.6 Å². The van der Waals surface area contributed by atoms with Gasteiger partial charge in [-0.05, 0) is 18.4 Å². The fourth-order valence-electron chi connectivity index (χ4n) is 1.73. The predicted molar refractivity (Wildman–Crippen MR) is 66.3 cm³/mol. The normalized spacial score (nSPS) is 26.7. The van der Waals surface area contributed by atoms with E-state index in [4.69, 9.17) is 0 Å². The van der Waals surface area contributed by atoms with Gasteiger partial charge in [0.05, 0.1) is 0 Å². The molecule has 0 aromatic carbocycles. The lowest BCUT2D eigenvalue weighted by Gasteiger charge is -2.20. The average molecular weight is 230 g/mol. The summed E-state index contributed by atoms with van der Waals surface area (Å²) < 4.78 is 0. The maximum Gasteiger partial charge on any atom is 0.220 e. The number of hydrogen-bond donors (Lipinski definition) is 3. The molecule has 1 fully saturated rings. The lowest BCUT2D eigenvalue weighted by atomic mass is 9.92. The average Bonchev–Trinajstić information content (AvgIpc) is 2.44. The minimum atomic E-state index is 0.0630. The lowest BCUT2D eigenvalue weighted by molar-refractivity contribution is -0.122. The highest BCUT2D eigenvalue weighted by molar-refractivity contribution is 7.81. The molecule has 1 aliphatic rings. The topological polar surface area (TPSA) is 41.1 Å². The van der Waals surface area contributed by atoms with E-state index >= 15 is 0 Å². The zero-order valence-corrected chi connectivity index (χ0v) is 10.7. The van der Waals surface area contributed by atoms with Crippen molar-refractivity contribution in [1.29, 1.82) is 0 Å². The van der Waals surface area contributed by atoms with Crippen molar-refractivity contribution in [1.82, 2.24) is 10.6 Å². The number of amides is 1. The molecule has 1 rings (SSSR count). The van der Waals surface area contributed by atoms with Gasteiger partial charge in [-0.1, -0.05) is 20.8 Å². The molecule has 0 bridgehead atoms. The highest BCUT2D eigenvalue weighted by Crippen LogP contribution is 2.18. The van der Waals surface area contributed by atoms with Crippen LogP contribution in [0.5, 0.6) is 0 Å². The molecule has 0 spiro atoms. The van der Waals surface area contributed by atoms with Crippen LogP contribution in [0.1, 0.15) is 33.6 Å². The van der Waals surface area contributed by atoms with Gasteiger partial charge in [-0.25, -0.2) is 0 Å². The Morgan fingerprint density at radius 1 is 1.53 bits per heavy atom. The van der Waals surface area contributed by atoms with Gasteiger partial charge in [-0.15, -0.1) is 0 Å². The molecule has 0 saturated carbocycles. The second-order valence-corrected chi connectivity index (χ2v) is 6.12. The second-order valence-electron chi connectivity index (χ2n) is 5.46. The van der Waals surface area contributed by atoms with Crippen molar-refractivity contribution in [2.45, 2.75) is 44.9 Å².